The van der Waals surface area contributed by atoms with Gasteiger partial charge in [-0.1, -0.05) is 0 Å². The van der Waals surface area contributed by atoms with Crippen LogP contribution >= 0.6 is 38.9 Å². The van der Waals surface area contributed by atoms with E-state index in [1.807, 2.05) is 11.4 Å². The van der Waals surface area contributed by atoms with Crippen molar-refractivity contribution in [3.8, 4) is 0 Å². The fourth-order valence-electron chi connectivity index (χ4n) is 1.16. The van der Waals surface area contributed by atoms with Crippen LogP contribution in [0.15, 0.2) is 15.2 Å². The van der Waals surface area contributed by atoms with E-state index in [1.54, 1.807) is 25.3 Å². The largest absolute Gasteiger partial charge is 0.217 e. The molecule has 0 saturated carbocycles. The molecule has 1 unspecified atom stereocenters. The Bertz CT molecular complexity index is 446. The number of nitrogens with zero attached hydrogens (tertiary/aromatic N) is 1. The quantitative estimate of drug-likeness (QED) is 0.769. The van der Waals surface area contributed by atoms with Crippen LogP contribution in [0.2, 0.25) is 0 Å². The molecule has 7 heteroatoms. The van der Waals surface area contributed by atoms with E-state index in [0.29, 0.717) is 6.54 Å². The third-order valence-corrected chi connectivity index (χ3v) is 6.57. The van der Waals surface area contributed by atoms with Crippen molar-refractivity contribution in [2.24, 2.45) is 0 Å². The van der Waals surface area contributed by atoms with Crippen molar-refractivity contribution in [2.75, 3.05) is 12.9 Å². The third kappa shape index (κ3) is 3.43. The number of hydrogen-bond acceptors (Lipinski definition) is 3. The van der Waals surface area contributed by atoms with Gasteiger partial charge in [-0.3, -0.25) is 0 Å². The molecule has 0 N–H and O–H groups in total. The molecule has 0 saturated heterocycles. The fraction of sp³-hybridized carbons (Fsp3) is 0.556. The maximum Gasteiger partial charge on any atom is 0.217 e. The molecule has 0 aliphatic carbocycles. The van der Waals surface area contributed by atoms with Gasteiger partial charge in [0, 0.05) is 19.5 Å². The fourth-order valence-corrected chi connectivity index (χ4v) is 3.94. The minimum atomic E-state index is -3.29. The minimum absolute atomic E-state index is 0.111. The van der Waals surface area contributed by atoms with E-state index < -0.39 is 15.3 Å². The molecular weight excluding hydrogens is 334 g/mol. The van der Waals surface area contributed by atoms with Gasteiger partial charge in [-0.2, -0.15) is 0 Å². The first-order valence-corrected chi connectivity index (χ1v) is 8.33. The summed E-state index contributed by atoms with van der Waals surface area (Å²) in [5.74, 6) is 0.111. The first-order chi connectivity index (χ1) is 7.37. The lowest BCUT2D eigenvalue weighted by molar-refractivity contribution is 0.460. The zero-order chi connectivity index (χ0) is 12.3. The van der Waals surface area contributed by atoms with E-state index in [4.69, 9.17) is 11.6 Å². The standard InChI is InChI=1S/C9H13BrClNO2S2/c1-7(4-11)16(13,14)12(2)5-8-3-9(10)15-6-8/h3,6-7H,4-5H2,1-2H3. The van der Waals surface area contributed by atoms with E-state index in [1.165, 1.54) is 4.31 Å². The molecule has 0 fully saturated rings. The molecule has 3 nitrogen and oxygen atoms in total. The predicted molar refractivity (Wildman–Crippen MR) is 72.6 cm³/mol. The van der Waals surface area contributed by atoms with Gasteiger partial charge in [-0.25, -0.2) is 12.7 Å². The summed E-state index contributed by atoms with van der Waals surface area (Å²) in [4.78, 5) is 0. The first kappa shape index (κ1) is 14.4. The molecule has 0 aliphatic rings. The van der Waals surface area contributed by atoms with Gasteiger partial charge < -0.3 is 0 Å². The van der Waals surface area contributed by atoms with Gasteiger partial charge >= 0.3 is 0 Å². The average molecular weight is 347 g/mol. The molecule has 92 valence electrons. The molecule has 1 aromatic heterocycles. The summed E-state index contributed by atoms with van der Waals surface area (Å²) in [6, 6.07) is 1.92. The lowest BCUT2D eigenvalue weighted by atomic mass is 10.3. The number of halogens is 2. The Morgan fingerprint density at radius 1 is 1.62 bits per heavy atom. The molecule has 1 aromatic rings. The highest BCUT2D eigenvalue weighted by molar-refractivity contribution is 9.11. The monoisotopic (exact) mass is 345 g/mol. The molecule has 1 atom stereocenters. The highest BCUT2D eigenvalue weighted by Crippen LogP contribution is 2.22. The van der Waals surface area contributed by atoms with Crippen LogP contribution in [-0.2, 0) is 16.6 Å². The Hall–Kier alpha value is 0.380. The molecule has 1 rings (SSSR count). The van der Waals surface area contributed by atoms with Crippen LogP contribution < -0.4 is 0 Å². The average Bonchev–Trinajstić information content (AvgIpc) is 2.62. The number of sulfonamides is 1. The Morgan fingerprint density at radius 3 is 2.69 bits per heavy atom. The molecule has 0 aromatic carbocycles. The van der Waals surface area contributed by atoms with Gasteiger partial charge in [0.25, 0.3) is 0 Å². The Labute approximate surface area is 114 Å². The molecule has 0 radical (unpaired) electrons. The second-order valence-electron chi connectivity index (χ2n) is 3.52. The second-order valence-corrected chi connectivity index (χ2v) is 8.58. The van der Waals surface area contributed by atoms with Crippen LogP contribution in [0.4, 0.5) is 0 Å². The third-order valence-electron chi connectivity index (χ3n) is 2.19. The van der Waals surface area contributed by atoms with Gasteiger partial charge in [0.2, 0.25) is 10.0 Å². The molecule has 0 spiro atoms. The minimum Gasteiger partial charge on any atom is -0.212 e. The van der Waals surface area contributed by atoms with Gasteiger partial charge in [0.05, 0.1) is 9.04 Å². The summed E-state index contributed by atoms with van der Waals surface area (Å²) in [5, 5.41) is 1.38. The zero-order valence-electron chi connectivity index (χ0n) is 8.98. The van der Waals surface area contributed by atoms with Crippen molar-refractivity contribution in [3.05, 3.63) is 20.8 Å². The molecule has 16 heavy (non-hydrogen) atoms. The van der Waals surface area contributed by atoms with Gasteiger partial charge in [0.15, 0.2) is 0 Å². The molecule has 1 heterocycles. The summed E-state index contributed by atoms with van der Waals surface area (Å²) in [5.41, 5.74) is 0.977. The Kier molecular flexibility index (Phi) is 5.25. The first-order valence-electron chi connectivity index (χ1n) is 4.62. The van der Waals surface area contributed by atoms with Crippen LogP contribution in [0, 0.1) is 0 Å². The van der Waals surface area contributed by atoms with Crippen molar-refractivity contribution in [2.45, 2.75) is 18.7 Å². The van der Waals surface area contributed by atoms with Crippen LogP contribution in [0.25, 0.3) is 0 Å². The highest BCUT2D eigenvalue weighted by atomic mass is 79.9. The van der Waals surface area contributed by atoms with Crippen molar-refractivity contribution >= 4 is 48.9 Å². The number of thiophene rings is 1. The van der Waals surface area contributed by atoms with Crippen molar-refractivity contribution in [1.82, 2.24) is 4.31 Å². The van der Waals surface area contributed by atoms with Gasteiger partial charge in [-0.05, 0) is 39.9 Å². The number of alkyl halides is 1. The molecule has 0 aliphatic heterocycles. The van der Waals surface area contributed by atoms with Crippen LogP contribution in [0.5, 0.6) is 0 Å². The van der Waals surface area contributed by atoms with Gasteiger partial charge in [-0.15, -0.1) is 22.9 Å². The Morgan fingerprint density at radius 2 is 2.25 bits per heavy atom. The van der Waals surface area contributed by atoms with Crippen molar-refractivity contribution in [3.63, 3.8) is 0 Å². The topological polar surface area (TPSA) is 37.4 Å². The SMILES string of the molecule is CC(CCl)S(=O)(=O)N(C)Cc1csc(Br)c1. The maximum atomic E-state index is 11.9. The van der Waals surface area contributed by atoms with Crippen LogP contribution in [-0.4, -0.2) is 30.9 Å². The summed E-state index contributed by atoms with van der Waals surface area (Å²) in [6.07, 6.45) is 0. The van der Waals surface area contributed by atoms with Crippen LogP contribution in [0.1, 0.15) is 12.5 Å². The lowest BCUT2D eigenvalue weighted by Gasteiger charge is -2.20. The summed E-state index contributed by atoms with van der Waals surface area (Å²) < 4.78 is 26.2. The lowest BCUT2D eigenvalue weighted by Crippen LogP contribution is -2.34. The van der Waals surface area contributed by atoms with Gasteiger partial charge in [0.1, 0.15) is 0 Å². The Balaban J connectivity index is 2.76. The maximum absolute atomic E-state index is 11.9. The number of hydrogen-bond donors (Lipinski definition) is 0. The van der Waals surface area contributed by atoms with E-state index in [2.05, 4.69) is 15.9 Å². The summed E-state index contributed by atoms with van der Waals surface area (Å²) in [7, 11) is -1.71. The predicted octanol–water partition coefficient (Wildman–Crippen LogP) is 2.90. The van der Waals surface area contributed by atoms with Crippen LogP contribution in [0.3, 0.4) is 0 Å². The van der Waals surface area contributed by atoms with E-state index in [0.717, 1.165) is 9.35 Å². The second kappa shape index (κ2) is 5.82. The van der Waals surface area contributed by atoms with Crippen molar-refractivity contribution in [1.29, 1.82) is 0 Å². The molecule has 0 amide bonds. The van der Waals surface area contributed by atoms with Crippen molar-refractivity contribution < 1.29 is 8.42 Å². The molecule has 0 bridgehead atoms. The smallest absolute Gasteiger partial charge is 0.212 e. The number of rotatable bonds is 5. The van der Waals surface area contributed by atoms with E-state index in [9.17, 15) is 8.42 Å². The normalized spacial score (nSPS) is 14.3. The zero-order valence-corrected chi connectivity index (χ0v) is 13.0. The van der Waals surface area contributed by atoms with E-state index >= 15 is 0 Å². The molecular formula is C9H13BrClNO2S2. The highest BCUT2D eigenvalue weighted by Gasteiger charge is 2.25. The summed E-state index contributed by atoms with van der Waals surface area (Å²) >= 11 is 10.5. The summed E-state index contributed by atoms with van der Waals surface area (Å²) in [6.45, 7) is 1.99. The van der Waals surface area contributed by atoms with E-state index in [-0.39, 0.29) is 5.88 Å².